The van der Waals surface area contributed by atoms with E-state index in [0.29, 0.717) is 24.1 Å². The van der Waals surface area contributed by atoms with Crippen LogP contribution in [-0.4, -0.2) is 37.0 Å². The maximum absolute atomic E-state index is 12.7. The molecule has 0 atom stereocenters. The average Bonchev–Trinajstić information content (AvgIpc) is 3.47. The highest BCUT2D eigenvalue weighted by atomic mass is 16.1. The summed E-state index contributed by atoms with van der Waals surface area (Å²) in [6, 6.07) is 5.78. The number of nitrogens with zero attached hydrogens (tertiary/aromatic N) is 5. The van der Waals surface area contributed by atoms with Gasteiger partial charge in [0, 0.05) is 31.0 Å². The predicted octanol–water partition coefficient (Wildman–Crippen LogP) is 2.04. The van der Waals surface area contributed by atoms with Crippen LogP contribution in [0.4, 0.5) is 5.95 Å². The number of imidazole rings is 1. The molecule has 0 unspecified atom stereocenters. The summed E-state index contributed by atoms with van der Waals surface area (Å²) in [7, 11) is 0. The standard InChI is InChI=1S/C20H21N7O/c28-19(22-9-13-4-5-13)17-18-16-14(6-8-27(18)12-25-17)10-23-20(26-16)24-11-15-3-1-2-7-21-15/h1-3,7,10,12-13H,4-6,8-9,11H2,(H,22,28)(H,23,24,26). The molecular formula is C20H21N7O. The van der Waals surface area contributed by atoms with Crippen LogP contribution in [0.3, 0.4) is 0 Å². The van der Waals surface area contributed by atoms with Gasteiger partial charge in [0.2, 0.25) is 5.95 Å². The molecule has 5 rings (SSSR count). The van der Waals surface area contributed by atoms with Crippen molar-refractivity contribution in [2.45, 2.75) is 32.4 Å². The molecule has 1 amide bonds. The molecule has 1 fully saturated rings. The number of aromatic nitrogens is 5. The fraction of sp³-hybridized carbons (Fsp3) is 0.350. The van der Waals surface area contributed by atoms with E-state index in [1.54, 1.807) is 12.5 Å². The number of carbonyl (C=O) groups excluding carboxylic acids is 1. The van der Waals surface area contributed by atoms with Gasteiger partial charge in [-0.25, -0.2) is 15.0 Å². The molecule has 3 aromatic rings. The van der Waals surface area contributed by atoms with Gasteiger partial charge in [-0.3, -0.25) is 9.78 Å². The second kappa shape index (κ2) is 7.03. The zero-order valence-corrected chi connectivity index (χ0v) is 15.4. The number of amides is 1. The minimum Gasteiger partial charge on any atom is -0.350 e. The third kappa shape index (κ3) is 3.33. The Morgan fingerprint density at radius 3 is 2.96 bits per heavy atom. The van der Waals surface area contributed by atoms with E-state index in [0.717, 1.165) is 42.2 Å². The molecule has 1 aliphatic heterocycles. The van der Waals surface area contributed by atoms with Crippen molar-refractivity contribution in [3.05, 3.63) is 53.9 Å². The number of aryl methyl sites for hydroxylation is 2. The lowest BCUT2D eigenvalue weighted by atomic mass is 10.0. The minimum absolute atomic E-state index is 0.130. The first-order chi connectivity index (χ1) is 13.8. The number of hydrogen-bond acceptors (Lipinski definition) is 6. The van der Waals surface area contributed by atoms with E-state index in [4.69, 9.17) is 4.98 Å². The van der Waals surface area contributed by atoms with Crippen molar-refractivity contribution >= 4 is 11.9 Å². The first kappa shape index (κ1) is 16.9. The lowest BCUT2D eigenvalue weighted by Gasteiger charge is -2.19. The first-order valence-electron chi connectivity index (χ1n) is 9.61. The minimum atomic E-state index is -0.130. The molecule has 0 aromatic carbocycles. The summed E-state index contributed by atoms with van der Waals surface area (Å²) < 4.78 is 2.00. The Morgan fingerprint density at radius 1 is 1.21 bits per heavy atom. The van der Waals surface area contributed by atoms with Crippen LogP contribution in [-0.2, 0) is 19.5 Å². The molecule has 142 valence electrons. The molecule has 28 heavy (non-hydrogen) atoms. The number of carbonyl (C=O) groups is 1. The summed E-state index contributed by atoms with van der Waals surface area (Å²) in [6.07, 6.45) is 8.54. The predicted molar refractivity (Wildman–Crippen MR) is 104 cm³/mol. The molecular weight excluding hydrogens is 354 g/mol. The van der Waals surface area contributed by atoms with Gasteiger partial charge in [0.25, 0.3) is 5.91 Å². The van der Waals surface area contributed by atoms with E-state index >= 15 is 0 Å². The fourth-order valence-corrected chi connectivity index (χ4v) is 3.40. The maximum atomic E-state index is 12.7. The maximum Gasteiger partial charge on any atom is 0.272 e. The largest absolute Gasteiger partial charge is 0.350 e. The van der Waals surface area contributed by atoms with Crippen LogP contribution >= 0.6 is 0 Å². The highest BCUT2D eigenvalue weighted by Crippen LogP contribution is 2.31. The molecule has 8 nitrogen and oxygen atoms in total. The molecule has 8 heteroatoms. The van der Waals surface area contributed by atoms with E-state index in [9.17, 15) is 4.79 Å². The zero-order chi connectivity index (χ0) is 18.9. The second-order valence-electron chi connectivity index (χ2n) is 7.28. The second-order valence-corrected chi connectivity index (χ2v) is 7.28. The smallest absolute Gasteiger partial charge is 0.272 e. The van der Waals surface area contributed by atoms with Gasteiger partial charge >= 0.3 is 0 Å². The molecule has 2 aliphatic rings. The van der Waals surface area contributed by atoms with Gasteiger partial charge in [-0.1, -0.05) is 6.07 Å². The highest BCUT2D eigenvalue weighted by Gasteiger charge is 2.28. The number of rotatable bonds is 6. The molecule has 0 spiro atoms. The van der Waals surface area contributed by atoms with Crippen molar-refractivity contribution in [3.63, 3.8) is 0 Å². The van der Waals surface area contributed by atoms with Crippen LogP contribution in [0.25, 0.3) is 11.4 Å². The van der Waals surface area contributed by atoms with Crippen LogP contribution < -0.4 is 10.6 Å². The number of fused-ring (bicyclic) bond motifs is 3. The van der Waals surface area contributed by atoms with Crippen molar-refractivity contribution in [1.82, 2.24) is 29.8 Å². The number of nitrogens with one attached hydrogen (secondary N) is 2. The SMILES string of the molecule is O=C(NCC1CC1)c1ncn2c1-c1nc(NCc3ccccn3)ncc1CC2. The number of anilines is 1. The molecule has 1 saturated carbocycles. The summed E-state index contributed by atoms with van der Waals surface area (Å²) in [5.41, 5.74) is 3.94. The summed E-state index contributed by atoms with van der Waals surface area (Å²) in [5.74, 6) is 1.01. The van der Waals surface area contributed by atoms with Gasteiger partial charge in [0.05, 0.1) is 24.3 Å². The van der Waals surface area contributed by atoms with Gasteiger partial charge in [-0.15, -0.1) is 0 Å². The molecule has 3 aromatic heterocycles. The summed E-state index contributed by atoms with van der Waals surface area (Å²) >= 11 is 0. The third-order valence-electron chi connectivity index (χ3n) is 5.17. The van der Waals surface area contributed by atoms with Gasteiger partial charge < -0.3 is 15.2 Å². The summed E-state index contributed by atoms with van der Waals surface area (Å²) in [4.78, 5) is 30.5. The Labute approximate surface area is 162 Å². The van der Waals surface area contributed by atoms with Crippen molar-refractivity contribution in [3.8, 4) is 11.4 Å². The Morgan fingerprint density at radius 2 is 2.14 bits per heavy atom. The van der Waals surface area contributed by atoms with Crippen LogP contribution in [0.1, 0.15) is 34.6 Å². The topological polar surface area (TPSA) is 97.6 Å². The Kier molecular flexibility index (Phi) is 4.23. The van der Waals surface area contributed by atoms with Gasteiger partial charge in [0.15, 0.2) is 5.69 Å². The Balaban J connectivity index is 1.41. The van der Waals surface area contributed by atoms with Crippen molar-refractivity contribution in [2.75, 3.05) is 11.9 Å². The van der Waals surface area contributed by atoms with Crippen LogP contribution in [0, 0.1) is 5.92 Å². The van der Waals surface area contributed by atoms with E-state index in [1.165, 1.54) is 12.8 Å². The molecule has 1 aliphatic carbocycles. The van der Waals surface area contributed by atoms with E-state index in [2.05, 4.69) is 25.6 Å². The van der Waals surface area contributed by atoms with Crippen LogP contribution in [0.15, 0.2) is 36.9 Å². The lowest BCUT2D eigenvalue weighted by Crippen LogP contribution is -2.27. The van der Waals surface area contributed by atoms with Crippen molar-refractivity contribution < 1.29 is 4.79 Å². The Bertz CT molecular complexity index is 1010. The summed E-state index contributed by atoms with van der Waals surface area (Å²) in [6.45, 7) is 2.03. The van der Waals surface area contributed by atoms with Crippen LogP contribution in [0.5, 0.6) is 0 Å². The van der Waals surface area contributed by atoms with E-state index in [1.807, 2.05) is 29.0 Å². The van der Waals surface area contributed by atoms with Crippen molar-refractivity contribution in [2.24, 2.45) is 5.92 Å². The average molecular weight is 375 g/mol. The molecule has 0 radical (unpaired) electrons. The van der Waals surface area contributed by atoms with E-state index < -0.39 is 0 Å². The van der Waals surface area contributed by atoms with Gasteiger partial charge in [-0.2, -0.15) is 0 Å². The molecule has 2 N–H and O–H groups in total. The monoisotopic (exact) mass is 375 g/mol. The number of hydrogen-bond donors (Lipinski definition) is 2. The lowest BCUT2D eigenvalue weighted by molar-refractivity contribution is 0.0948. The molecule has 0 saturated heterocycles. The molecule has 4 heterocycles. The molecule has 0 bridgehead atoms. The number of pyridine rings is 1. The van der Waals surface area contributed by atoms with Crippen LogP contribution in [0.2, 0.25) is 0 Å². The first-order valence-corrected chi connectivity index (χ1v) is 9.61. The third-order valence-corrected chi connectivity index (χ3v) is 5.17. The quantitative estimate of drug-likeness (QED) is 0.684. The normalized spacial score (nSPS) is 14.9. The van der Waals surface area contributed by atoms with Crippen molar-refractivity contribution in [1.29, 1.82) is 0 Å². The zero-order valence-electron chi connectivity index (χ0n) is 15.4. The Hall–Kier alpha value is -3.29. The van der Waals surface area contributed by atoms with Gasteiger partial charge in [-0.05, 0) is 37.3 Å². The summed E-state index contributed by atoms with van der Waals surface area (Å²) in [5, 5.41) is 6.22. The van der Waals surface area contributed by atoms with E-state index in [-0.39, 0.29) is 5.91 Å². The highest BCUT2D eigenvalue weighted by molar-refractivity contribution is 5.98. The van der Waals surface area contributed by atoms with Gasteiger partial charge in [0.1, 0.15) is 5.69 Å². The fourth-order valence-electron chi connectivity index (χ4n) is 3.40.